The third-order valence-electron chi connectivity index (χ3n) is 5.61. The molecule has 1 aromatic rings. The van der Waals surface area contributed by atoms with Crippen molar-refractivity contribution < 1.29 is 10.2 Å². The fourth-order valence-electron chi connectivity index (χ4n) is 4.43. The lowest BCUT2D eigenvalue weighted by Crippen LogP contribution is -2.61. The minimum Gasteiger partial charge on any atom is -0.507 e. The lowest BCUT2D eigenvalue weighted by atomic mass is 9.79. The number of piperidine rings is 1. The first-order valence-electron chi connectivity index (χ1n) is 10.2. The van der Waals surface area contributed by atoms with Gasteiger partial charge in [0.05, 0.1) is 11.4 Å². The van der Waals surface area contributed by atoms with Crippen molar-refractivity contribution in [3.63, 3.8) is 0 Å². The van der Waals surface area contributed by atoms with Crippen LogP contribution in [0.1, 0.15) is 51.7 Å². The van der Waals surface area contributed by atoms with Gasteiger partial charge >= 0.3 is 0 Å². The molecule has 0 atom stereocenters. The summed E-state index contributed by atoms with van der Waals surface area (Å²) in [4.78, 5) is 2.04. The standard InChI is InChI=1S/C23H36N6O2/c1-22(2)10-16(11-23(3,4)28-22)29(5)20(27)7-6-17(26)21-18(30)8-14(9-19(21)31)15(12-24)13-25/h6-9,12-13,16,24,28,30-31H,10-11,25-27H2,1-5H3/b15-13+,17-6-,20-7+,24-12?. The van der Waals surface area contributed by atoms with Gasteiger partial charge < -0.3 is 43.0 Å². The van der Waals surface area contributed by atoms with Crippen LogP contribution in [0.4, 0.5) is 0 Å². The molecule has 0 amide bonds. The molecule has 2 rings (SSSR count). The Balaban J connectivity index is 2.28. The van der Waals surface area contributed by atoms with Gasteiger partial charge in [0.15, 0.2) is 0 Å². The van der Waals surface area contributed by atoms with Crippen LogP contribution < -0.4 is 22.5 Å². The molecule has 31 heavy (non-hydrogen) atoms. The number of nitrogens with two attached hydrogens (primary N) is 3. The van der Waals surface area contributed by atoms with E-state index in [0.717, 1.165) is 19.1 Å². The summed E-state index contributed by atoms with van der Waals surface area (Å²) < 4.78 is 0. The molecule has 8 heteroatoms. The fraction of sp³-hybridized carbons (Fsp3) is 0.435. The van der Waals surface area contributed by atoms with Gasteiger partial charge in [-0.05, 0) is 70.4 Å². The molecule has 0 spiro atoms. The monoisotopic (exact) mass is 428 g/mol. The summed E-state index contributed by atoms with van der Waals surface area (Å²) in [5.74, 6) is 0.105. The first-order valence-corrected chi connectivity index (χ1v) is 10.2. The van der Waals surface area contributed by atoms with E-state index in [9.17, 15) is 10.2 Å². The molecule has 8 nitrogen and oxygen atoms in total. The molecule has 170 valence electrons. The molecule has 0 radical (unpaired) electrons. The highest BCUT2D eigenvalue weighted by Gasteiger charge is 2.39. The zero-order valence-corrected chi connectivity index (χ0v) is 19.0. The summed E-state index contributed by atoms with van der Waals surface area (Å²) in [5, 5.41) is 31.8. The Bertz CT molecular complexity index is 891. The van der Waals surface area contributed by atoms with E-state index in [1.165, 1.54) is 18.3 Å². The lowest BCUT2D eigenvalue weighted by Gasteiger charge is -2.49. The Morgan fingerprint density at radius 3 is 2.06 bits per heavy atom. The zero-order valence-electron chi connectivity index (χ0n) is 19.0. The molecule has 1 aromatic carbocycles. The predicted octanol–water partition coefficient (Wildman–Crippen LogP) is 2.39. The van der Waals surface area contributed by atoms with Gasteiger partial charge in [0.1, 0.15) is 11.5 Å². The Morgan fingerprint density at radius 1 is 1.10 bits per heavy atom. The van der Waals surface area contributed by atoms with Gasteiger partial charge in [0.2, 0.25) is 0 Å². The van der Waals surface area contributed by atoms with E-state index in [4.69, 9.17) is 22.6 Å². The van der Waals surface area contributed by atoms with Gasteiger partial charge in [0, 0.05) is 47.9 Å². The topological polar surface area (TPSA) is 158 Å². The van der Waals surface area contributed by atoms with Crippen LogP contribution >= 0.6 is 0 Å². The number of hydrogen-bond donors (Lipinski definition) is 7. The maximum atomic E-state index is 10.4. The number of nitrogens with one attached hydrogen (secondary N) is 2. The number of nitrogens with zero attached hydrogens (tertiary/aromatic N) is 1. The molecular formula is C23H36N6O2. The molecule has 0 saturated carbocycles. The van der Waals surface area contributed by atoms with E-state index in [1.807, 2.05) is 11.9 Å². The van der Waals surface area contributed by atoms with Gasteiger partial charge in [0.25, 0.3) is 0 Å². The highest BCUT2D eigenvalue weighted by Crippen LogP contribution is 2.35. The summed E-state index contributed by atoms with van der Waals surface area (Å²) in [5.41, 5.74) is 18.9. The summed E-state index contributed by atoms with van der Waals surface area (Å²) >= 11 is 0. The molecule has 1 aliphatic rings. The van der Waals surface area contributed by atoms with Crippen LogP contribution in [0.5, 0.6) is 11.5 Å². The van der Waals surface area contributed by atoms with Crippen molar-refractivity contribution in [2.75, 3.05) is 7.05 Å². The number of phenolic OH excluding ortho intramolecular Hbond substituents is 2. The van der Waals surface area contributed by atoms with Crippen molar-refractivity contribution in [3.8, 4) is 11.5 Å². The molecular weight excluding hydrogens is 392 g/mol. The largest absolute Gasteiger partial charge is 0.507 e. The van der Waals surface area contributed by atoms with E-state index in [1.54, 1.807) is 12.2 Å². The quantitative estimate of drug-likeness (QED) is 0.271. The van der Waals surface area contributed by atoms with Crippen molar-refractivity contribution in [1.29, 1.82) is 5.41 Å². The molecule has 0 unspecified atom stereocenters. The van der Waals surface area contributed by atoms with Gasteiger partial charge in [-0.1, -0.05) is 0 Å². The van der Waals surface area contributed by atoms with E-state index in [-0.39, 0.29) is 39.9 Å². The molecule has 0 aliphatic carbocycles. The molecule has 1 saturated heterocycles. The molecule has 0 aromatic heterocycles. The minimum atomic E-state index is -0.216. The average Bonchev–Trinajstić information content (AvgIpc) is 2.63. The van der Waals surface area contributed by atoms with Crippen molar-refractivity contribution in [2.24, 2.45) is 17.2 Å². The number of aromatic hydroxyl groups is 2. The second-order valence-electron chi connectivity index (χ2n) is 9.44. The first kappa shape index (κ1) is 24.1. The molecule has 1 aliphatic heterocycles. The zero-order chi connectivity index (χ0) is 23.6. The first-order chi connectivity index (χ1) is 14.3. The number of phenols is 2. The smallest absolute Gasteiger partial charge is 0.129 e. The van der Waals surface area contributed by atoms with E-state index >= 15 is 0 Å². The number of allylic oxidation sites excluding steroid dienone is 3. The molecule has 1 heterocycles. The summed E-state index contributed by atoms with van der Waals surface area (Å²) in [6.45, 7) is 8.74. The normalized spacial score (nSPS) is 19.8. The van der Waals surface area contributed by atoms with Gasteiger partial charge in [-0.2, -0.15) is 0 Å². The fourth-order valence-corrected chi connectivity index (χ4v) is 4.43. The molecule has 0 bridgehead atoms. The number of rotatable bonds is 6. The van der Waals surface area contributed by atoms with Crippen LogP contribution in [-0.2, 0) is 0 Å². The van der Waals surface area contributed by atoms with Crippen molar-refractivity contribution >= 4 is 17.5 Å². The maximum absolute atomic E-state index is 10.4. The average molecular weight is 429 g/mol. The van der Waals surface area contributed by atoms with E-state index < -0.39 is 0 Å². The summed E-state index contributed by atoms with van der Waals surface area (Å²) in [6.07, 6.45) is 7.38. The minimum absolute atomic E-state index is 0.0115. The Labute approximate surface area is 184 Å². The second-order valence-corrected chi connectivity index (χ2v) is 9.44. The Kier molecular flexibility index (Phi) is 6.96. The highest BCUT2D eigenvalue weighted by atomic mass is 16.3. The lowest BCUT2D eigenvalue weighted by molar-refractivity contribution is 0.0981. The number of hydrogen-bond acceptors (Lipinski definition) is 8. The van der Waals surface area contributed by atoms with Crippen molar-refractivity contribution in [2.45, 2.75) is 57.7 Å². The third-order valence-corrected chi connectivity index (χ3v) is 5.61. The highest BCUT2D eigenvalue weighted by molar-refractivity contribution is 6.08. The Morgan fingerprint density at radius 2 is 1.61 bits per heavy atom. The van der Waals surface area contributed by atoms with Gasteiger partial charge in [-0.3, -0.25) is 0 Å². The number of benzene rings is 1. The van der Waals surface area contributed by atoms with Crippen LogP contribution in [0.3, 0.4) is 0 Å². The van der Waals surface area contributed by atoms with Crippen LogP contribution in [0, 0.1) is 5.41 Å². The van der Waals surface area contributed by atoms with Crippen molar-refractivity contribution in [1.82, 2.24) is 10.2 Å². The van der Waals surface area contributed by atoms with Gasteiger partial charge in [-0.15, -0.1) is 0 Å². The van der Waals surface area contributed by atoms with Crippen LogP contribution in [0.25, 0.3) is 11.3 Å². The Hall–Kier alpha value is -3.13. The SMILES string of the molecule is CN(/C(N)=C/C=C(\N)c1c(O)cc(/C(C=N)=C/N)cc1O)C1CC(C)(C)NC(C)(C)C1. The third kappa shape index (κ3) is 5.73. The van der Waals surface area contributed by atoms with Gasteiger partial charge in [-0.25, -0.2) is 0 Å². The maximum Gasteiger partial charge on any atom is 0.129 e. The van der Waals surface area contributed by atoms with Crippen LogP contribution in [0.2, 0.25) is 0 Å². The second kappa shape index (κ2) is 8.93. The predicted molar refractivity (Wildman–Crippen MR) is 127 cm³/mol. The molecule has 10 N–H and O–H groups in total. The summed E-state index contributed by atoms with van der Waals surface area (Å²) in [6, 6.07) is 3.05. The van der Waals surface area contributed by atoms with Crippen molar-refractivity contribution in [3.05, 3.63) is 47.4 Å². The van der Waals surface area contributed by atoms with E-state index in [2.05, 4.69) is 33.0 Å². The summed E-state index contributed by atoms with van der Waals surface area (Å²) in [7, 11) is 1.96. The van der Waals surface area contributed by atoms with E-state index in [0.29, 0.717) is 17.0 Å². The van der Waals surface area contributed by atoms with Crippen LogP contribution in [-0.4, -0.2) is 45.5 Å². The molecule has 1 fully saturated rings. The van der Waals surface area contributed by atoms with Crippen LogP contribution in [0.15, 0.2) is 36.3 Å².